The van der Waals surface area contributed by atoms with Gasteiger partial charge in [0.05, 0.1) is 17.1 Å². The minimum absolute atomic E-state index is 0.0500. The number of rotatable bonds is 6. The molecule has 1 atom stereocenters. The van der Waals surface area contributed by atoms with Crippen molar-refractivity contribution in [3.63, 3.8) is 0 Å². The Balaban J connectivity index is 1.39. The molecule has 2 amide bonds. The lowest BCUT2D eigenvalue weighted by atomic mass is 10.1. The zero-order chi connectivity index (χ0) is 20.2. The Bertz CT molecular complexity index is 1020. The van der Waals surface area contributed by atoms with Gasteiger partial charge in [-0.2, -0.15) is 0 Å². The predicted octanol–water partition coefficient (Wildman–Crippen LogP) is 2.54. The van der Waals surface area contributed by atoms with Crippen LogP contribution in [0.4, 0.5) is 5.82 Å². The van der Waals surface area contributed by atoms with Crippen molar-refractivity contribution in [1.29, 1.82) is 0 Å². The van der Waals surface area contributed by atoms with Crippen LogP contribution in [0, 0.1) is 0 Å². The molecule has 1 aromatic carbocycles. The van der Waals surface area contributed by atoms with Gasteiger partial charge in [-0.25, -0.2) is 4.98 Å². The molecule has 0 saturated carbocycles. The lowest BCUT2D eigenvalue weighted by Crippen LogP contribution is -2.35. The summed E-state index contributed by atoms with van der Waals surface area (Å²) >= 11 is 0. The van der Waals surface area contributed by atoms with Gasteiger partial charge in [0.25, 0.3) is 5.91 Å². The Morgan fingerprint density at radius 3 is 2.93 bits per heavy atom. The maximum Gasteiger partial charge on any atom is 0.255 e. The van der Waals surface area contributed by atoms with Gasteiger partial charge in [0, 0.05) is 44.5 Å². The fourth-order valence-corrected chi connectivity index (χ4v) is 3.66. The van der Waals surface area contributed by atoms with Crippen LogP contribution in [-0.2, 0) is 11.3 Å². The minimum atomic E-state index is -0.0500. The molecule has 0 spiro atoms. The van der Waals surface area contributed by atoms with E-state index >= 15 is 0 Å². The first kappa shape index (κ1) is 18.9. The van der Waals surface area contributed by atoms with E-state index in [1.807, 2.05) is 24.3 Å². The molecule has 1 N–H and O–H groups in total. The number of hydrogen-bond donors (Lipinski definition) is 1. The van der Waals surface area contributed by atoms with E-state index in [1.165, 1.54) is 0 Å². The molecule has 4 rings (SSSR count). The second-order valence-corrected chi connectivity index (χ2v) is 7.24. The standard InChI is InChI=1S/C22H23N5O2/c1-26(15-28)18-9-11-27(14-18)22(29)17-7-8-21(25-13-17)24-12-16-4-2-6-20-19(16)5-3-10-23-20/h2-8,10,13,15,18H,9,11-12,14H2,1H3,(H,24,25)/t18-/m0/s1. The van der Waals surface area contributed by atoms with E-state index in [2.05, 4.69) is 27.4 Å². The third-order valence-electron chi connectivity index (χ3n) is 5.40. The van der Waals surface area contributed by atoms with Gasteiger partial charge in [-0.15, -0.1) is 0 Å². The van der Waals surface area contributed by atoms with Gasteiger partial charge in [-0.1, -0.05) is 18.2 Å². The van der Waals surface area contributed by atoms with Crippen molar-refractivity contribution in [1.82, 2.24) is 19.8 Å². The molecule has 3 aromatic rings. The van der Waals surface area contributed by atoms with Crippen molar-refractivity contribution >= 4 is 29.0 Å². The van der Waals surface area contributed by atoms with Gasteiger partial charge in [0.1, 0.15) is 5.82 Å². The second-order valence-electron chi connectivity index (χ2n) is 7.24. The number of nitrogens with zero attached hydrogens (tertiary/aromatic N) is 4. The van der Waals surface area contributed by atoms with Crippen LogP contribution < -0.4 is 5.32 Å². The van der Waals surface area contributed by atoms with Crippen molar-refractivity contribution in [2.24, 2.45) is 0 Å². The van der Waals surface area contributed by atoms with Crippen molar-refractivity contribution in [2.45, 2.75) is 19.0 Å². The smallest absolute Gasteiger partial charge is 0.255 e. The van der Waals surface area contributed by atoms with Gasteiger partial charge in [0.2, 0.25) is 6.41 Å². The second kappa shape index (κ2) is 8.26. The number of carbonyl (C=O) groups excluding carboxylic acids is 2. The molecule has 0 radical (unpaired) electrons. The molecular weight excluding hydrogens is 366 g/mol. The molecular formula is C22H23N5O2. The number of aromatic nitrogens is 2. The number of amides is 2. The average Bonchev–Trinajstić information content (AvgIpc) is 3.27. The summed E-state index contributed by atoms with van der Waals surface area (Å²) in [5.41, 5.74) is 2.66. The van der Waals surface area contributed by atoms with Crippen LogP contribution in [0.5, 0.6) is 0 Å². The van der Waals surface area contributed by atoms with Crippen LogP contribution in [0.15, 0.2) is 54.9 Å². The molecule has 0 unspecified atom stereocenters. The van der Waals surface area contributed by atoms with Crippen LogP contribution in [0.25, 0.3) is 10.9 Å². The summed E-state index contributed by atoms with van der Waals surface area (Å²) < 4.78 is 0. The van der Waals surface area contributed by atoms with Crippen molar-refractivity contribution < 1.29 is 9.59 Å². The van der Waals surface area contributed by atoms with E-state index in [0.29, 0.717) is 31.0 Å². The highest BCUT2D eigenvalue weighted by Gasteiger charge is 2.29. The van der Waals surface area contributed by atoms with Crippen molar-refractivity contribution in [2.75, 3.05) is 25.5 Å². The Labute approximate surface area is 169 Å². The minimum Gasteiger partial charge on any atom is -0.366 e. The van der Waals surface area contributed by atoms with Gasteiger partial charge >= 0.3 is 0 Å². The number of nitrogens with one attached hydrogen (secondary N) is 1. The summed E-state index contributed by atoms with van der Waals surface area (Å²) in [7, 11) is 1.75. The van der Waals surface area contributed by atoms with Gasteiger partial charge in [0.15, 0.2) is 0 Å². The Hall–Kier alpha value is -3.48. The number of pyridine rings is 2. The lowest BCUT2D eigenvalue weighted by molar-refractivity contribution is -0.118. The quantitative estimate of drug-likeness (QED) is 0.656. The summed E-state index contributed by atoms with van der Waals surface area (Å²) in [5.74, 6) is 0.661. The molecule has 29 heavy (non-hydrogen) atoms. The van der Waals surface area contributed by atoms with Crippen molar-refractivity contribution in [3.05, 3.63) is 66.0 Å². The number of carbonyl (C=O) groups is 2. The highest BCUT2D eigenvalue weighted by atomic mass is 16.2. The largest absolute Gasteiger partial charge is 0.366 e. The Morgan fingerprint density at radius 1 is 1.24 bits per heavy atom. The SMILES string of the molecule is CN(C=O)[C@H]1CCN(C(=O)c2ccc(NCc3cccc4ncccc34)nc2)C1. The molecule has 1 saturated heterocycles. The number of likely N-dealkylation sites (N-methyl/N-ethyl adjacent to an activating group) is 1. The summed E-state index contributed by atoms with van der Waals surface area (Å²) in [5, 5.41) is 4.42. The van der Waals surface area contributed by atoms with E-state index < -0.39 is 0 Å². The summed E-state index contributed by atoms with van der Waals surface area (Å²) in [6.07, 6.45) is 5.00. The molecule has 7 nitrogen and oxygen atoms in total. The van der Waals surface area contributed by atoms with E-state index in [-0.39, 0.29) is 11.9 Å². The lowest BCUT2D eigenvalue weighted by Gasteiger charge is -2.20. The molecule has 3 heterocycles. The molecule has 1 aliphatic heterocycles. The third-order valence-corrected chi connectivity index (χ3v) is 5.40. The van der Waals surface area contributed by atoms with Gasteiger partial charge < -0.3 is 15.1 Å². The predicted molar refractivity (Wildman–Crippen MR) is 111 cm³/mol. The van der Waals surface area contributed by atoms with Crippen LogP contribution in [0.2, 0.25) is 0 Å². The molecule has 2 aromatic heterocycles. The summed E-state index contributed by atoms with van der Waals surface area (Å²) in [6.45, 7) is 1.83. The summed E-state index contributed by atoms with van der Waals surface area (Å²) in [4.78, 5) is 35.8. The first-order valence-corrected chi connectivity index (χ1v) is 9.65. The third kappa shape index (κ3) is 4.03. The number of hydrogen-bond acceptors (Lipinski definition) is 5. The number of likely N-dealkylation sites (tertiary alicyclic amines) is 1. The van der Waals surface area contributed by atoms with Crippen molar-refractivity contribution in [3.8, 4) is 0 Å². The molecule has 0 bridgehead atoms. The monoisotopic (exact) mass is 389 g/mol. The normalized spacial score (nSPS) is 16.0. The van der Waals surface area contributed by atoms with E-state index in [1.54, 1.807) is 35.3 Å². The van der Waals surface area contributed by atoms with E-state index in [4.69, 9.17) is 0 Å². The zero-order valence-electron chi connectivity index (χ0n) is 16.3. The number of benzene rings is 1. The van der Waals surface area contributed by atoms with Crippen LogP contribution in [0.1, 0.15) is 22.3 Å². The molecule has 1 fully saturated rings. The van der Waals surface area contributed by atoms with Crippen LogP contribution >= 0.6 is 0 Å². The number of anilines is 1. The van der Waals surface area contributed by atoms with Gasteiger partial charge in [-0.05, 0) is 36.2 Å². The van der Waals surface area contributed by atoms with E-state index in [9.17, 15) is 9.59 Å². The molecule has 1 aliphatic rings. The maximum atomic E-state index is 12.7. The highest BCUT2D eigenvalue weighted by Crippen LogP contribution is 2.19. The van der Waals surface area contributed by atoms with Crippen LogP contribution in [0.3, 0.4) is 0 Å². The van der Waals surface area contributed by atoms with Crippen LogP contribution in [-0.4, -0.2) is 58.3 Å². The molecule has 0 aliphatic carbocycles. The topological polar surface area (TPSA) is 78.4 Å². The Kier molecular flexibility index (Phi) is 5.37. The molecule has 148 valence electrons. The van der Waals surface area contributed by atoms with Gasteiger partial charge in [-0.3, -0.25) is 14.6 Å². The Morgan fingerprint density at radius 2 is 2.14 bits per heavy atom. The van der Waals surface area contributed by atoms with E-state index in [0.717, 1.165) is 29.3 Å². The first-order valence-electron chi connectivity index (χ1n) is 9.65. The number of fused-ring (bicyclic) bond motifs is 1. The average molecular weight is 389 g/mol. The molecule has 7 heteroatoms. The fraction of sp³-hybridized carbons (Fsp3) is 0.273. The first-order chi connectivity index (χ1) is 14.2. The highest BCUT2D eigenvalue weighted by molar-refractivity contribution is 5.94. The zero-order valence-corrected chi connectivity index (χ0v) is 16.3. The summed E-state index contributed by atoms with van der Waals surface area (Å²) in [6, 6.07) is 13.7. The maximum absolute atomic E-state index is 12.7. The fourth-order valence-electron chi connectivity index (χ4n) is 3.66.